The predicted molar refractivity (Wildman–Crippen MR) is 118 cm³/mol. The minimum atomic E-state index is -3.31. The van der Waals surface area contributed by atoms with Crippen LogP contribution in [0.4, 0.5) is 4.39 Å². The maximum absolute atomic E-state index is 13.5. The van der Waals surface area contributed by atoms with Crippen LogP contribution in [0.25, 0.3) is 16.9 Å². The molecular weight excluding hydrogens is 419 g/mol. The number of nitrogens with zero attached hydrogens (tertiary/aromatic N) is 1. The van der Waals surface area contributed by atoms with E-state index in [1.807, 2.05) is 17.6 Å². The number of aromatic nitrogens is 1. The molecule has 0 aliphatic rings. The lowest BCUT2D eigenvalue weighted by atomic mass is 10.1. The summed E-state index contributed by atoms with van der Waals surface area (Å²) in [6, 6.07) is 14.6. The maximum Gasteiger partial charge on any atom is 0.224 e. The van der Waals surface area contributed by atoms with Gasteiger partial charge in [-0.05, 0) is 60.5 Å². The zero-order chi connectivity index (χ0) is 22.6. The highest BCUT2D eigenvalue weighted by Crippen LogP contribution is 2.30. The average Bonchev–Trinajstić information content (AvgIpc) is 3.04. The van der Waals surface area contributed by atoms with Crippen LogP contribution in [-0.2, 0) is 25.8 Å². The van der Waals surface area contributed by atoms with E-state index in [4.69, 9.17) is 4.74 Å². The summed E-state index contributed by atoms with van der Waals surface area (Å²) in [5.41, 5.74) is 3.97. The summed E-state index contributed by atoms with van der Waals surface area (Å²) >= 11 is 0. The molecule has 6 nitrogen and oxygen atoms in total. The molecule has 0 unspecified atom stereocenters. The van der Waals surface area contributed by atoms with Gasteiger partial charge in [-0.1, -0.05) is 12.1 Å². The van der Waals surface area contributed by atoms with Gasteiger partial charge >= 0.3 is 0 Å². The Bertz CT molecular complexity index is 1170. The van der Waals surface area contributed by atoms with Crippen molar-refractivity contribution in [1.82, 2.24) is 9.88 Å². The number of rotatable bonds is 8. The third-order valence-corrected chi connectivity index (χ3v) is 6.12. The molecule has 0 atom stereocenters. The van der Waals surface area contributed by atoms with Gasteiger partial charge in [0.1, 0.15) is 5.82 Å². The Kier molecular flexibility index (Phi) is 6.92. The first kappa shape index (κ1) is 22.7. The van der Waals surface area contributed by atoms with E-state index in [2.05, 4.69) is 5.32 Å². The van der Waals surface area contributed by atoms with E-state index in [9.17, 15) is 17.6 Å². The summed E-state index contributed by atoms with van der Waals surface area (Å²) in [5.74, 6) is -0.472. The molecule has 1 amide bonds. The van der Waals surface area contributed by atoms with E-state index >= 15 is 0 Å². The van der Waals surface area contributed by atoms with Gasteiger partial charge in [-0.3, -0.25) is 4.79 Å². The third-order valence-electron chi connectivity index (χ3n) is 4.99. The molecular formula is C23H25FN2O4S. The van der Waals surface area contributed by atoms with Crippen molar-refractivity contribution in [2.45, 2.75) is 18.2 Å². The van der Waals surface area contributed by atoms with Crippen molar-refractivity contribution < 1.29 is 22.3 Å². The zero-order valence-corrected chi connectivity index (χ0v) is 18.5. The van der Waals surface area contributed by atoms with Gasteiger partial charge in [0.2, 0.25) is 5.91 Å². The summed E-state index contributed by atoms with van der Waals surface area (Å²) in [5, 5.41) is 2.81. The molecule has 2 aromatic carbocycles. The maximum atomic E-state index is 13.5. The topological polar surface area (TPSA) is 77.4 Å². The normalized spacial score (nSPS) is 11.5. The fourth-order valence-electron chi connectivity index (χ4n) is 3.37. The highest BCUT2D eigenvalue weighted by molar-refractivity contribution is 7.90. The number of carbonyl (C=O) groups is 1. The van der Waals surface area contributed by atoms with Crippen LogP contribution in [0.15, 0.2) is 59.5 Å². The van der Waals surface area contributed by atoms with Gasteiger partial charge in [0.15, 0.2) is 9.84 Å². The minimum Gasteiger partial charge on any atom is -0.383 e. The molecule has 0 radical (unpaired) electrons. The van der Waals surface area contributed by atoms with Crippen molar-refractivity contribution in [3.8, 4) is 16.9 Å². The standard InChI is InChI=1S/C23H25FN2O4S/c1-16-18(15-23(27)25-12-13-30-2)14-22(26(16)20-8-6-19(24)7-9-20)17-4-10-21(11-5-17)31(3,28)29/h4-11,14H,12-13,15H2,1-3H3,(H,25,27). The Morgan fingerprint density at radius 3 is 2.32 bits per heavy atom. The fraction of sp³-hybridized carbons (Fsp3) is 0.261. The smallest absolute Gasteiger partial charge is 0.224 e. The van der Waals surface area contributed by atoms with Crippen LogP contribution >= 0.6 is 0 Å². The summed E-state index contributed by atoms with van der Waals surface area (Å²) in [6.07, 6.45) is 1.34. The molecule has 3 aromatic rings. The SMILES string of the molecule is COCCNC(=O)Cc1cc(-c2ccc(S(C)(=O)=O)cc2)n(-c2ccc(F)cc2)c1C. The number of ether oxygens (including phenoxy) is 1. The Morgan fingerprint density at radius 2 is 1.74 bits per heavy atom. The average molecular weight is 445 g/mol. The first-order valence-corrected chi connectivity index (χ1v) is 11.6. The molecule has 0 saturated carbocycles. The van der Waals surface area contributed by atoms with Crippen LogP contribution in [-0.4, -0.2) is 45.4 Å². The van der Waals surface area contributed by atoms with Gasteiger partial charge < -0.3 is 14.6 Å². The highest BCUT2D eigenvalue weighted by Gasteiger charge is 2.18. The molecule has 0 fully saturated rings. The quantitative estimate of drug-likeness (QED) is 0.541. The van der Waals surface area contributed by atoms with Crippen molar-refractivity contribution >= 4 is 15.7 Å². The van der Waals surface area contributed by atoms with Crippen LogP contribution in [0.5, 0.6) is 0 Å². The Morgan fingerprint density at radius 1 is 1.10 bits per heavy atom. The molecule has 0 aliphatic heterocycles. The second-order valence-corrected chi connectivity index (χ2v) is 9.28. The summed E-state index contributed by atoms with van der Waals surface area (Å²) in [6.45, 7) is 2.75. The van der Waals surface area contributed by atoms with Crippen LogP contribution in [0, 0.1) is 12.7 Å². The van der Waals surface area contributed by atoms with Crippen LogP contribution in [0.1, 0.15) is 11.3 Å². The molecule has 0 spiro atoms. The molecule has 0 bridgehead atoms. The van der Waals surface area contributed by atoms with Gasteiger partial charge in [-0.2, -0.15) is 0 Å². The number of nitrogens with one attached hydrogen (secondary N) is 1. The number of benzene rings is 2. The van der Waals surface area contributed by atoms with Crippen LogP contribution in [0.2, 0.25) is 0 Å². The lowest BCUT2D eigenvalue weighted by Gasteiger charge is -2.13. The molecule has 0 saturated heterocycles. The summed E-state index contributed by atoms with van der Waals surface area (Å²) in [4.78, 5) is 12.6. The predicted octanol–water partition coefficient (Wildman–Crippen LogP) is 3.30. The number of amides is 1. The molecule has 31 heavy (non-hydrogen) atoms. The van der Waals surface area contributed by atoms with E-state index < -0.39 is 9.84 Å². The van der Waals surface area contributed by atoms with E-state index in [-0.39, 0.29) is 23.0 Å². The van der Waals surface area contributed by atoms with Gasteiger partial charge in [-0.25, -0.2) is 12.8 Å². The first-order valence-electron chi connectivity index (χ1n) is 9.74. The van der Waals surface area contributed by atoms with Gasteiger partial charge in [-0.15, -0.1) is 0 Å². The number of hydrogen-bond donors (Lipinski definition) is 1. The molecule has 1 aromatic heterocycles. The fourth-order valence-corrected chi connectivity index (χ4v) is 4.00. The second kappa shape index (κ2) is 9.45. The lowest BCUT2D eigenvalue weighted by Crippen LogP contribution is -2.28. The number of halogens is 1. The lowest BCUT2D eigenvalue weighted by molar-refractivity contribution is -0.120. The van der Waals surface area contributed by atoms with Crippen LogP contribution < -0.4 is 5.32 Å². The molecule has 8 heteroatoms. The molecule has 1 heterocycles. The van der Waals surface area contributed by atoms with E-state index in [1.54, 1.807) is 43.5 Å². The first-order chi connectivity index (χ1) is 14.7. The number of methoxy groups -OCH3 is 1. The van der Waals surface area contributed by atoms with Gasteiger partial charge in [0.25, 0.3) is 0 Å². The van der Waals surface area contributed by atoms with E-state index in [1.165, 1.54) is 12.1 Å². The van der Waals surface area contributed by atoms with Crippen molar-refractivity contribution in [3.63, 3.8) is 0 Å². The molecule has 164 valence electrons. The van der Waals surface area contributed by atoms with Crippen molar-refractivity contribution in [2.75, 3.05) is 26.5 Å². The molecule has 0 aliphatic carbocycles. The van der Waals surface area contributed by atoms with Crippen molar-refractivity contribution in [3.05, 3.63) is 71.7 Å². The largest absolute Gasteiger partial charge is 0.383 e. The Hall–Kier alpha value is -2.97. The monoisotopic (exact) mass is 444 g/mol. The number of hydrogen-bond acceptors (Lipinski definition) is 4. The van der Waals surface area contributed by atoms with E-state index in [0.29, 0.717) is 13.2 Å². The molecule has 3 rings (SSSR count). The van der Waals surface area contributed by atoms with Gasteiger partial charge in [0, 0.05) is 31.3 Å². The van der Waals surface area contributed by atoms with Crippen molar-refractivity contribution in [1.29, 1.82) is 0 Å². The third kappa shape index (κ3) is 5.39. The van der Waals surface area contributed by atoms with E-state index in [0.717, 1.165) is 34.5 Å². The minimum absolute atomic E-state index is 0.129. The highest BCUT2D eigenvalue weighted by atomic mass is 32.2. The Labute approximate surface area is 181 Å². The van der Waals surface area contributed by atoms with Crippen molar-refractivity contribution in [2.24, 2.45) is 0 Å². The summed E-state index contributed by atoms with van der Waals surface area (Å²) < 4.78 is 44.0. The van der Waals surface area contributed by atoms with Gasteiger partial charge in [0.05, 0.1) is 23.6 Å². The summed E-state index contributed by atoms with van der Waals surface area (Å²) in [7, 11) is -1.74. The van der Waals surface area contributed by atoms with Crippen LogP contribution in [0.3, 0.4) is 0 Å². The Balaban J connectivity index is 2.04. The number of sulfone groups is 1. The zero-order valence-electron chi connectivity index (χ0n) is 17.7. The second-order valence-electron chi connectivity index (χ2n) is 7.27. The molecule has 1 N–H and O–H groups in total. The number of carbonyl (C=O) groups excluding carboxylic acids is 1.